The number of hydrogen-bond acceptors (Lipinski definition) is 2. The minimum atomic E-state index is -4.26. The van der Waals surface area contributed by atoms with Crippen LogP contribution in [0.1, 0.15) is 31.2 Å². The lowest BCUT2D eigenvalue weighted by atomic mass is 9.90. The number of nitrogens with zero attached hydrogens (tertiary/aromatic N) is 1. The molecule has 1 saturated heterocycles. The summed E-state index contributed by atoms with van der Waals surface area (Å²) in [6, 6.07) is 8.60. The predicted octanol–water partition coefficient (Wildman–Crippen LogP) is 3.57. The van der Waals surface area contributed by atoms with Gasteiger partial charge in [0.15, 0.2) is 0 Å². The van der Waals surface area contributed by atoms with Gasteiger partial charge in [0.2, 0.25) is 0 Å². The average molecular weight is 300 g/mol. The van der Waals surface area contributed by atoms with Crippen LogP contribution in [0.4, 0.5) is 13.2 Å². The smallest absolute Gasteiger partial charge is 0.320 e. The number of rotatable bonds is 5. The van der Waals surface area contributed by atoms with E-state index in [1.807, 2.05) is 18.2 Å². The molecule has 118 valence electrons. The molecule has 0 bridgehead atoms. The van der Waals surface area contributed by atoms with Crippen molar-refractivity contribution in [2.75, 3.05) is 13.1 Å². The third-order valence-corrected chi connectivity index (χ3v) is 4.26. The summed E-state index contributed by atoms with van der Waals surface area (Å²) in [4.78, 5) is 2.37. The Bertz CT molecular complexity index is 411. The first-order valence-electron chi connectivity index (χ1n) is 7.53. The van der Waals surface area contributed by atoms with Crippen LogP contribution in [0.5, 0.6) is 0 Å². The summed E-state index contributed by atoms with van der Waals surface area (Å²) in [6.45, 7) is 2.84. The number of benzene rings is 1. The van der Waals surface area contributed by atoms with Crippen molar-refractivity contribution < 1.29 is 13.2 Å². The van der Waals surface area contributed by atoms with E-state index in [9.17, 15) is 13.2 Å². The van der Waals surface area contributed by atoms with Gasteiger partial charge in [-0.1, -0.05) is 30.3 Å². The molecule has 0 spiro atoms. The Morgan fingerprint density at radius 1 is 1.14 bits per heavy atom. The average Bonchev–Trinajstić information content (AvgIpc) is 2.46. The zero-order valence-corrected chi connectivity index (χ0v) is 12.1. The van der Waals surface area contributed by atoms with E-state index < -0.39 is 12.2 Å². The van der Waals surface area contributed by atoms with Gasteiger partial charge in [-0.25, -0.2) is 0 Å². The van der Waals surface area contributed by atoms with Gasteiger partial charge in [0.1, 0.15) is 6.04 Å². The summed E-state index contributed by atoms with van der Waals surface area (Å²) in [7, 11) is 0. The molecule has 1 heterocycles. The second-order valence-corrected chi connectivity index (χ2v) is 5.93. The summed E-state index contributed by atoms with van der Waals surface area (Å²) in [6.07, 6.45) is -1.68. The van der Waals surface area contributed by atoms with Crippen LogP contribution in [0.3, 0.4) is 0 Å². The molecule has 0 amide bonds. The van der Waals surface area contributed by atoms with Gasteiger partial charge >= 0.3 is 6.18 Å². The van der Waals surface area contributed by atoms with E-state index in [0.717, 1.165) is 32.5 Å². The zero-order valence-electron chi connectivity index (χ0n) is 12.1. The first-order valence-corrected chi connectivity index (χ1v) is 7.53. The van der Waals surface area contributed by atoms with E-state index in [1.54, 1.807) is 0 Å². The van der Waals surface area contributed by atoms with Crippen LogP contribution in [0.25, 0.3) is 0 Å². The van der Waals surface area contributed by atoms with Gasteiger partial charge in [-0.15, -0.1) is 0 Å². The maximum absolute atomic E-state index is 12.4. The van der Waals surface area contributed by atoms with Crippen molar-refractivity contribution in [1.29, 1.82) is 0 Å². The highest BCUT2D eigenvalue weighted by Gasteiger charge is 2.36. The minimum absolute atomic E-state index is 0.0485. The first kappa shape index (κ1) is 16.3. The second kappa shape index (κ2) is 7.27. The molecule has 5 heteroatoms. The Balaban J connectivity index is 1.69. The van der Waals surface area contributed by atoms with Gasteiger partial charge in [-0.3, -0.25) is 4.90 Å². The summed E-state index contributed by atoms with van der Waals surface area (Å²) in [5.74, 6) is 0.380. The van der Waals surface area contributed by atoms with Gasteiger partial charge < -0.3 is 5.73 Å². The molecule has 1 aliphatic heterocycles. The van der Waals surface area contributed by atoms with Crippen LogP contribution >= 0.6 is 0 Å². The van der Waals surface area contributed by atoms with Crippen LogP contribution < -0.4 is 5.73 Å². The Morgan fingerprint density at radius 2 is 1.76 bits per heavy atom. The number of hydrogen-bond donors (Lipinski definition) is 1. The number of likely N-dealkylation sites (tertiary alicyclic amines) is 1. The lowest BCUT2D eigenvalue weighted by Gasteiger charge is -2.32. The Labute approximate surface area is 124 Å². The van der Waals surface area contributed by atoms with Crippen molar-refractivity contribution in [2.45, 2.75) is 44.4 Å². The Kier molecular flexibility index (Phi) is 5.65. The minimum Gasteiger partial charge on any atom is -0.320 e. The molecule has 0 aliphatic carbocycles. The van der Waals surface area contributed by atoms with Crippen molar-refractivity contribution in [2.24, 2.45) is 11.7 Å². The third kappa shape index (κ3) is 5.32. The quantitative estimate of drug-likeness (QED) is 0.901. The second-order valence-electron chi connectivity index (χ2n) is 5.93. The highest BCUT2D eigenvalue weighted by Crippen LogP contribution is 2.27. The van der Waals surface area contributed by atoms with E-state index in [2.05, 4.69) is 17.0 Å². The Hall–Kier alpha value is -1.07. The summed E-state index contributed by atoms with van der Waals surface area (Å²) in [5, 5.41) is 0. The maximum Gasteiger partial charge on any atom is 0.403 e. The van der Waals surface area contributed by atoms with E-state index in [0.29, 0.717) is 12.3 Å². The summed E-state index contributed by atoms with van der Waals surface area (Å²) >= 11 is 0. The SMILES string of the molecule is NC(CCC1CCN(Cc2ccccc2)CC1)C(F)(F)F. The van der Waals surface area contributed by atoms with Gasteiger partial charge in [0, 0.05) is 6.54 Å². The van der Waals surface area contributed by atoms with Crippen LogP contribution in [-0.2, 0) is 6.54 Å². The molecule has 1 fully saturated rings. The van der Waals surface area contributed by atoms with Crippen LogP contribution in [0.2, 0.25) is 0 Å². The van der Waals surface area contributed by atoms with Crippen molar-refractivity contribution in [3.8, 4) is 0 Å². The Morgan fingerprint density at radius 3 is 2.33 bits per heavy atom. The van der Waals surface area contributed by atoms with Crippen molar-refractivity contribution in [1.82, 2.24) is 4.90 Å². The molecule has 21 heavy (non-hydrogen) atoms. The largest absolute Gasteiger partial charge is 0.403 e. The maximum atomic E-state index is 12.4. The number of piperidine rings is 1. The van der Waals surface area contributed by atoms with E-state index in [1.165, 1.54) is 5.56 Å². The molecule has 1 atom stereocenters. The lowest BCUT2D eigenvalue weighted by molar-refractivity contribution is -0.149. The third-order valence-electron chi connectivity index (χ3n) is 4.26. The monoisotopic (exact) mass is 300 g/mol. The molecular weight excluding hydrogens is 277 g/mol. The molecule has 1 aliphatic rings. The molecule has 2 nitrogen and oxygen atoms in total. The fourth-order valence-electron chi connectivity index (χ4n) is 2.85. The highest BCUT2D eigenvalue weighted by atomic mass is 19.4. The van der Waals surface area contributed by atoms with E-state index in [4.69, 9.17) is 5.73 Å². The summed E-state index contributed by atoms with van der Waals surface area (Å²) in [5.41, 5.74) is 6.45. The van der Waals surface area contributed by atoms with Gasteiger partial charge in [0.05, 0.1) is 0 Å². The summed E-state index contributed by atoms with van der Waals surface area (Å²) < 4.78 is 37.1. The molecule has 0 saturated carbocycles. The zero-order chi connectivity index (χ0) is 15.3. The predicted molar refractivity (Wildman–Crippen MR) is 77.7 cm³/mol. The number of alkyl halides is 3. The molecule has 0 aromatic heterocycles. The van der Waals surface area contributed by atoms with Crippen molar-refractivity contribution in [3.63, 3.8) is 0 Å². The molecule has 2 N–H and O–H groups in total. The lowest BCUT2D eigenvalue weighted by Crippen LogP contribution is -2.38. The molecule has 2 rings (SSSR count). The molecule has 1 unspecified atom stereocenters. The van der Waals surface area contributed by atoms with E-state index in [-0.39, 0.29) is 6.42 Å². The fourth-order valence-corrected chi connectivity index (χ4v) is 2.85. The van der Waals surface area contributed by atoms with Crippen molar-refractivity contribution >= 4 is 0 Å². The molecule has 1 aromatic rings. The molecular formula is C16H23F3N2. The highest BCUT2D eigenvalue weighted by molar-refractivity contribution is 5.14. The van der Waals surface area contributed by atoms with Crippen LogP contribution in [-0.4, -0.2) is 30.2 Å². The number of halogens is 3. The normalized spacial score (nSPS) is 19.6. The van der Waals surface area contributed by atoms with Gasteiger partial charge in [-0.2, -0.15) is 13.2 Å². The number of nitrogens with two attached hydrogens (primary N) is 1. The van der Waals surface area contributed by atoms with Crippen LogP contribution in [0.15, 0.2) is 30.3 Å². The van der Waals surface area contributed by atoms with Crippen LogP contribution in [0, 0.1) is 5.92 Å². The topological polar surface area (TPSA) is 29.3 Å². The van der Waals surface area contributed by atoms with E-state index >= 15 is 0 Å². The van der Waals surface area contributed by atoms with Gasteiger partial charge in [0.25, 0.3) is 0 Å². The molecule has 0 radical (unpaired) electrons. The fraction of sp³-hybridized carbons (Fsp3) is 0.625. The van der Waals surface area contributed by atoms with Gasteiger partial charge in [-0.05, 0) is 50.3 Å². The molecule has 1 aromatic carbocycles. The van der Waals surface area contributed by atoms with Crippen molar-refractivity contribution in [3.05, 3.63) is 35.9 Å². The first-order chi connectivity index (χ1) is 9.95. The standard InChI is InChI=1S/C16H23F3N2/c17-16(18,19)15(20)7-6-13-8-10-21(11-9-13)12-14-4-2-1-3-5-14/h1-5,13,15H,6-12,20H2.